The van der Waals surface area contributed by atoms with Gasteiger partial charge in [-0.1, -0.05) is 13.8 Å². The summed E-state index contributed by atoms with van der Waals surface area (Å²) >= 11 is 0. The first-order valence-corrected chi connectivity index (χ1v) is 8.25. The standard InChI is InChI=1S/C16H30O7/c1-8-14(13(19)12(18)11(6-17)22-8)23-10-5-16(3,4)15(20)9(2)21-7-10/h8-15,17-20H,5-7H2,1-4H3/t8-,9-,10+,11+,12+,13-,14-,15+/m0/s1. The molecule has 0 aromatic rings. The molecule has 2 fully saturated rings. The minimum Gasteiger partial charge on any atom is -0.394 e. The zero-order valence-electron chi connectivity index (χ0n) is 14.3. The first-order chi connectivity index (χ1) is 10.7. The topological polar surface area (TPSA) is 109 Å². The van der Waals surface area contributed by atoms with Crippen molar-refractivity contribution in [3.63, 3.8) is 0 Å². The lowest BCUT2D eigenvalue weighted by Gasteiger charge is -2.42. The van der Waals surface area contributed by atoms with Crippen LogP contribution in [0.1, 0.15) is 34.1 Å². The van der Waals surface area contributed by atoms with Crippen LogP contribution in [0.15, 0.2) is 0 Å². The molecular formula is C16H30O7. The van der Waals surface area contributed by atoms with E-state index in [1.807, 2.05) is 20.8 Å². The molecule has 7 heteroatoms. The molecule has 0 aromatic heterocycles. The van der Waals surface area contributed by atoms with Crippen molar-refractivity contribution >= 4 is 0 Å². The molecular weight excluding hydrogens is 304 g/mol. The normalized spacial score (nSPS) is 48.0. The van der Waals surface area contributed by atoms with Gasteiger partial charge in [0.2, 0.25) is 0 Å². The molecule has 2 heterocycles. The summed E-state index contributed by atoms with van der Waals surface area (Å²) < 4.78 is 17.1. The van der Waals surface area contributed by atoms with Crippen LogP contribution in [0.3, 0.4) is 0 Å². The molecule has 2 saturated heterocycles. The van der Waals surface area contributed by atoms with E-state index in [4.69, 9.17) is 14.2 Å². The summed E-state index contributed by atoms with van der Waals surface area (Å²) in [6.45, 7) is 7.41. The van der Waals surface area contributed by atoms with Crippen LogP contribution in [0.25, 0.3) is 0 Å². The Morgan fingerprint density at radius 1 is 1.09 bits per heavy atom. The first-order valence-electron chi connectivity index (χ1n) is 8.25. The Balaban J connectivity index is 2.06. The minimum atomic E-state index is -1.20. The van der Waals surface area contributed by atoms with Crippen molar-refractivity contribution in [3.8, 4) is 0 Å². The lowest BCUT2D eigenvalue weighted by molar-refractivity contribution is -0.250. The van der Waals surface area contributed by atoms with E-state index in [2.05, 4.69) is 0 Å². The Labute approximate surface area is 137 Å². The third-order valence-corrected chi connectivity index (χ3v) is 4.99. The SMILES string of the molecule is C[C@@H]1O[C@H](CO)[C@@H](O)[C@H](O)[C@H]1O[C@H]1CO[C@@H](C)[C@@H](O)C(C)(C)C1. The van der Waals surface area contributed by atoms with Crippen molar-refractivity contribution in [2.45, 2.75) is 82.9 Å². The maximum Gasteiger partial charge on any atom is 0.112 e. The molecule has 136 valence electrons. The number of aliphatic hydroxyl groups is 4. The zero-order valence-corrected chi connectivity index (χ0v) is 14.3. The lowest BCUT2D eigenvalue weighted by Crippen LogP contribution is -2.59. The van der Waals surface area contributed by atoms with Crippen LogP contribution in [-0.2, 0) is 14.2 Å². The first kappa shape index (κ1) is 19.1. The number of hydrogen-bond acceptors (Lipinski definition) is 7. The molecule has 23 heavy (non-hydrogen) atoms. The molecule has 2 aliphatic heterocycles. The monoisotopic (exact) mass is 334 g/mol. The van der Waals surface area contributed by atoms with Gasteiger partial charge in [0.05, 0.1) is 37.6 Å². The van der Waals surface area contributed by atoms with Gasteiger partial charge in [0.25, 0.3) is 0 Å². The molecule has 0 bridgehead atoms. The van der Waals surface area contributed by atoms with Crippen LogP contribution >= 0.6 is 0 Å². The van der Waals surface area contributed by atoms with E-state index in [1.165, 1.54) is 0 Å². The molecule has 0 aliphatic carbocycles. The van der Waals surface area contributed by atoms with Gasteiger partial charge in [0.15, 0.2) is 0 Å². The van der Waals surface area contributed by atoms with Crippen LogP contribution < -0.4 is 0 Å². The average molecular weight is 334 g/mol. The van der Waals surface area contributed by atoms with E-state index in [9.17, 15) is 20.4 Å². The van der Waals surface area contributed by atoms with Crippen molar-refractivity contribution in [2.24, 2.45) is 5.41 Å². The summed E-state index contributed by atoms with van der Waals surface area (Å²) in [4.78, 5) is 0. The molecule has 0 radical (unpaired) electrons. The van der Waals surface area contributed by atoms with Crippen LogP contribution in [0.5, 0.6) is 0 Å². The predicted molar refractivity (Wildman–Crippen MR) is 81.9 cm³/mol. The number of rotatable bonds is 3. The zero-order chi connectivity index (χ0) is 17.4. The van der Waals surface area contributed by atoms with Crippen LogP contribution in [0, 0.1) is 5.41 Å². The number of hydrogen-bond donors (Lipinski definition) is 4. The van der Waals surface area contributed by atoms with Crippen molar-refractivity contribution in [3.05, 3.63) is 0 Å². The van der Waals surface area contributed by atoms with Gasteiger partial charge in [-0.05, 0) is 25.7 Å². The highest BCUT2D eigenvalue weighted by Gasteiger charge is 2.46. The van der Waals surface area contributed by atoms with E-state index < -0.39 is 42.0 Å². The van der Waals surface area contributed by atoms with Gasteiger partial charge in [-0.15, -0.1) is 0 Å². The maximum atomic E-state index is 10.3. The quantitative estimate of drug-likeness (QED) is 0.548. The third kappa shape index (κ3) is 4.04. The Kier molecular flexibility index (Phi) is 6.05. The Morgan fingerprint density at radius 3 is 2.35 bits per heavy atom. The smallest absolute Gasteiger partial charge is 0.112 e. The molecule has 7 nitrogen and oxygen atoms in total. The highest BCUT2D eigenvalue weighted by atomic mass is 16.6. The van der Waals surface area contributed by atoms with E-state index in [1.54, 1.807) is 6.92 Å². The van der Waals surface area contributed by atoms with Crippen LogP contribution in [0.2, 0.25) is 0 Å². The van der Waals surface area contributed by atoms with E-state index >= 15 is 0 Å². The van der Waals surface area contributed by atoms with Gasteiger partial charge in [0, 0.05) is 0 Å². The maximum absolute atomic E-state index is 10.3. The van der Waals surface area contributed by atoms with Gasteiger partial charge in [-0.3, -0.25) is 0 Å². The molecule has 8 atom stereocenters. The second kappa shape index (κ2) is 7.31. The summed E-state index contributed by atoms with van der Waals surface area (Å²) in [6.07, 6.45) is -5.03. The van der Waals surface area contributed by atoms with Gasteiger partial charge < -0.3 is 34.6 Å². The fraction of sp³-hybridized carbons (Fsp3) is 1.00. The largest absolute Gasteiger partial charge is 0.394 e. The summed E-state index contributed by atoms with van der Waals surface area (Å²) in [6, 6.07) is 0. The summed E-state index contributed by atoms with van der Waals surface area (Å²) in [5.74, 6) is 0. The van der Waals surface area contributed by atoms with E-state index in [-0.39, 0.29) is 18.8 Å². The molecule has 0 aromatic carbocycles. The molecule has 0 unspecified atom stereocenters. The summed E-state index contributed by atoms with van der Waals surface area (Å²) in [7, 11) is 0. The fourth-order valence-corrected chi connectivity index (χ4v) is 3.53. The number of aliphatic hydroxyl groups excluding tert-OH is 4. The summed E-state index contributed by atoms with van der Waals surface area (Å²) in [5.41, 5.74) is -0.392. The summed E-state index contributed by atoms with van der Waals surface area (Å²) in [5, 5.41) is 39.8. The predicted octanol–water partition coefficient (Wildman–Crippen LogP) is -0.562. The number of ether oxygens (including phenoxy) is 3. The molecule has 0 amide bonds. The molecule has 0 spiro atoms. The van der Waals surface area contributed by atoms with Gasteiger partial charge >= 0.3 is 0 Å². The highest BCUT2D eigenvalue weighted by molar-refractivity contribution is 4.93. The molecule has 2 aliphatic rings. The Morgan fingerprint density at radius 2 is 1.74 bits per heavy atom. The van der Waals surface area contributed by atoms with Crippen molar-refractivity contribution in [2.75, 3.05) is 13.2 Å². The molecule has 2 rings (SSSR count). The Bertz CT molecular complexity index is 389. The van der Waals surface area contributed by atoms with Crippen LogP contribution in [0.4, 0.5) is 0 Å². The highest BCUT2D eigenvalue weighted by Crippen LogP contribution is 2.35. The van der Waals surface area contributed by atoms with E-state index in [0.717, 1.165) is 0 Å². The molecule has 0 saturated carbocycles. The van der Waals surface area contributed by atoms with Crippen LogP contribution in [-0.4, -0.2) is 82.5 Å². The van der Waals surface area contributed by atoms with E-state index in [0.29, 0.717) is 13.0 Å². The third-order valence-electron chi connectivity index (χ3n) is 4.99. The minimum absolute atomic E-state index is 0.298. The average Bonchev–Trinajstić information content (AvgIpc) is 2.59. The van der Waals surface area contributed by atoms with Gasteiger partial charge in [0.1, 0.15) is 24.4 Å². The second-order valence-electron chi connectivity index (χ2n) is 7.44. The lowest BCUT2D eigenvalue weighted by atomic mass is 9.80. The Hall–Kier alpha value is -0.280. The van der Waals surface area contributed by atoms with Crippen molar-refractivity contribution in [1.29, 1.82) is 0 Å². The van der Waals surface area contributed by atoms with Crippen molar-refractivity contribution in [1.82, 2.24) is 0 Å². The second-order valence-corrected chi connectivity index (χ2v) is 7.44. The van der Waals surface area contributed by atoms with Gasteiger partial charge in [-0.2, -0.15) is 0 Å². The molecule has 4 N–H and O–H groups in total. The van der Waals surface area contributed by atoms with Gasteiger partial charge in [-0.25, -0.2) is 0 Å². The van der Waals surface area contributed by atoms with Crippen molar-refractivity contribution < 1.29 is 34.6 Å². The fourth-order valence-electron chi connectivity index (χ4n) is 3.53.